The Labute approximate surface area is 128 Å². The summed E-state index contributed by atoms with van der Waals surface area (Å²) in [6.45, 7) is 14.8. The lowest BCUT2D eigenvalue weighted by atomic mass is 9.93. The lowest BCUT2D eigenvalue weighted by Crippen LogP contribution is -2.39. The average molecular weight is 289 g/mol. The van der Waals surface area contributed by atoms with Gasteiger partial charge in [0.25, 0.3) is 0 Å². The van der Waals surface area contributed by atoms with Crippen molar-refractivity contribution in [2.45, 2.75) is 32.9 Å². The van der Waals surface area contributed by atoms with Crippen LogP contribution in [0.4, 0.5) is 0 Å². The van der Waals surface area contributed by atoms with Gasteiger partial charge in [-0.25, -0.2) is 0 Å². The molecule has 1 aromatic rings. The van der Waals surface area contributed by atoms with Crippen LogP contribution in [-0.4, -0.2) is 24.3 Å². The summed E-state index contributed by atoms with van der Waals surface area (Å²) in [5, 5.41) is 13.8. The van der Waals surface area contributed by atoms with E-state index >= 15 is 0 Å². The van der Waals surface area contributed by atoms with E-state index in [9.17, 15) is 5.11 Å². The van der Waals surface area contributed by atoms with Crippen LogP contribution in [-0.2, 0) is 0 Å². The van der Waals surface area contributed by atoms with Crippen LogP contribution in [0.3, 0.4) is 0 Å². The Hall–Kier alpha value is -1.58. The van der Waals surface area contributed by atoms with E-state index in [2.05, 4.69) is 32.3 Å². The van der Waals surface area contributed by atoms with Gasteiger partial charge in [0.1, 0.15) is 12.4 Å². The summed E-state index contributed by atoms with van der Waals surface area (Å²) in [5.74, 6) is 1.10. The summed E-state index contributed by atoms with van der Waals surface area (Å²) in [7, 11) is 0. The molecule has 0 saturated carbocycles. The zero-order chi connectivity index (χ0) is 15.8. The average Bonchev–Trinajstić information content (AvgIpc) is 2.45. The molecule has 0 aliphatic heterocycles. The molecule has 0 bridgehead atoms. The highest BCUT2D eigenvalue weighted by atomic mass is 16.5. The molecule has 0 fully saturated rings. The van der Waals surface area contributed by atoms with Crippen molar-refractivity contribution in [2.24, 2.45) is 5.92 Å². The quantitative estimate of drug-likeness (QED) is 0.684. The van der Waals surface area contributed by atoms with Crippen molar-refractivity contribution < 1.29 is 9.84 Å². The minimum Gasteiger partial charge on any atom is -0.489 e. The monoisotopic (exact) mass is 289 g/mol. The number of hydrogen-bond acceptors (Lipinski definition) is 3. The van der Waals surface area contributed by atoms with Crippen LogP contribution in [0.15, 0.2) is 49.1 Å². The molecule has 0 amide bonds. The molecule has 21 heavy (non-hydrogen) atoms. The van der Waals surface area contributed by atoms with Gasteiger partial charge in [0.05, 0.1) is 6.10 Å². The molecule has 2 unspecified atom stereocenters. The zero-order valence-corrected chi connectivity index (χ0v) is 13.3. The minimum atomic E-state index is -0.555. The summed E-state index contributed by atoms with van der Waals surface area (Å²) in [6.07, 6.45) is 1.25. The lowest BCUT2D eigenvalue weighted by Gasteiger charge is -2.27. The largest absolute Gasteiger partial charge is 0.489 e. The summed E-state index contributed by atoms with van der Waals surface area (Å²) >= 11 is 0. The fourth-order valence-electron chi connectivity index (χ4n) is 2.11. The molecule has 0 heterocycles. The van der Waals surface area contributed by atoms with Gasteiger partial charge < -0.3 is 15.2 Å². The summed E-state index contributed by atoms with van der Waals surface area (Å²) in [5.41, 5.74) is 1.86. The van der Waals surface area contributed by atoms with Crippen LogP contribution in [0.5, 0.6) is 5.75 Å². The van der Waals surface area contributed by atoms with Gasteiger partial charge in [-0.1, -0.05) is 38.6 Å². The number of aliphatic hydroxyl groups excluding tert-OH is 1. The highest BCUT2D eigenvalue weighted by Crippen LogP contribution is 2.24. The van der Waals surface area contributed by atoms with E-state index in [1.807, 2.05) is 31.2 Å². The van der Waals surface area contributed by atoms with Gasteiger partial charge in [-0.15, -0.1) is 6.58 Å². The first-order valence-electron chi connectivity index (χ1n) is 7.35. The zero-order valence-electron chi connectivity index (χ0n) is 13.3. The molecule has 3 nitrogen and oxygen atoms in total. The van der Waals surface area contributed by atoms with Crippen molar-refractivity contribution in [1.82, 2.24) is 5.32 Å². The SMILES string of the molecule is C=CCNC(C(C)C)C(O)c1ccc(OCC(=C)C)cc1. The van der Waals surface area contributed by atoms with E-state index in [0.717, 1.165) is 16.9 Å². The third kappa shape index (κ3) is 5.74. The number of hydrogen-bond donors (Lipinski definition) is 2. The van der Waals surface area contributed by atoms with E-state index in [1.54, 1.807) is 6.08 Å². The number of rotatable bonds is 9. The van der Waals surface area contributed by atoms with Crippen LogP contribution in [0.2, 0.25) is 0 Å². The minimum absolute atomic E-state index is 0.00909. The van der Waals surface area contributed by atoms with Gasteiger partial charge in [0, 0.05) is 12.6 Å². The Morgan fingerprint density at radius 2 is 1.95 bits per heavy atom. The smallest absolute Gasteiger partial charge is 0.119 e. The van der Waals surface area contributed by atoms with Crippen LogP contribution < -0.4 is 10.1 Å². The summed E-state index contributed by atoms with van der Waals surface area (Å²) in [4.78, 5) is 0. The first-order chi connectivity index (χ1) is 9.95. The lowest BCUT2D eigenvalue weighted by molar-refractivity contribution is 0.107. The molecular weight excluding hydrogens is 262 g/mol. The van der Waals surface area contributed by atoms with Gasteiger partial charge in [0.2, 0.25) is 0 Å². The highest BCUT2D eigenvalue weighted by Gasteiger charge is 2.23. The van der Waals surface area contributed by atoms with Gasteiger partial charge in [-0.3, -0.25) is 0 Å². The molecular formula is C18H27NO2. The third-order valence-corrected chi connectivity index (χ3v) is 3.26. The van der Waals surface area contributed by atoms with Gasteiger partial charge in [0.15, 0.2) is 0 Å². The normalized spacial score (nSPS) is 13.8. The number of aliphatic hydroxyl groups is 1. The molecule has 1 aromatic carbocycles. The molecule has 0 radical (unpaired) electrons. The Morgan fingerprint density at radius 3 is 2.43 bits per heavy atom. The predicted octanol–water partition coefficient (Wildman–Crippen LogP) is 3.48. The second-order valence-corrected chi connectivity index (χ2v) is 5.73. The van der Waals surface area contributed by atoms with Crippen LogP contribution in [0, 0.1) is 5.92 Å². The fourth-order valence-corrected chi connectivity index (χ4v) is 2.11. The molecule has 0 spiro atoms. The molecule has 0 saturated heterocycles. The van der Waals surface area contributed by atoms with Gasteiger partial charge in [-0.2, -0.15) is 0 Å². The Balaban J connectivity index is 2.73. The van der Waals surface area contributed by atoms with Gasteiger partial charge in [-0.05, 0) is 36.1 Å². The van der Waals surface area contributed by atoms with Crippen LogP contribution >= 0.6 is 0 Å². The van der Waals surface area contributed by atoms with E-state index in [0.29, 0.717) is 19.1 Å². The first kappa shape index (κ1) is 17.5. The van der Waals surface area contributed by atoms with Crippen molar-refractivity contribution >= 4 is 0 Å². The molecule has 2 atom stereocenters. The van der Waals surface area contributed by atoms with Crippen molar-refractivity contribution in [3.63, 3.8) is 0 Å². The second-order valence-electron chi connectivity index (χ2n) is 5.73. The van der Waals surface area contributed by atoms with Gasteiger partial charge >= 0.3 is 0 Å². The topological polar surface area (TPSA) is 41.5 Å². The van der Waals surface area contributed by atoms with Crippen LogP contribution in [0.25, 0.3) is 0 Å². The second kappa shape index (κ2) is 8.65. The summed E-state index contributed by atoms with van der Waals surface area (Å²) in [6, 6.07) is 7.57. The maximum absolute atomic E-state index is 10.5. The Kier molecular flexibility index (Phi) is 7.20. The number of nitrogens with one attached hydrogen (secondary N) is 1. The van der Waals surface area contributed by atoms with Crippen molar-refractivity contribution in [3.8, 4) is 5.75 Å². The van der Waals surface area contributed by atoms with E-state index in [-0.39, 0.29) is 6.04 Å². The van der Waals surface area contributed by atoms with Crippen LogP contribution in [0.1, 0.15) is 32.4 Å². The first-order valence-corrected chi connectivity index (χ1v) is 7.35. The third-order valence-electron chi connectivity index (χ3n) is 3.26. The molecule has 0 aliphatic carbocycles. The molecule has 3 heteroatoms. The molecule has 0 aliphatic rings. The standard InChI is InChI=1S/C18H27NO2/c1-6-11-19-17(14(4)5)18(20)15-7-9-16(10-8-15)21-12-13(2)3/h6-10,14,17-20H,1-2,11-12H2,3-5H3. The van der Waals surface area contributed by atoms with Crippen molar-refractivity contribution in [3.05, 3.63) is 54.6 Å². The van der Waals surface area contributed by atoms with E-state index in [4.69, 9.17) is 4.74 Å². The Morgan fingerprint density at radius 1 is 1.33 bits per heavy atom. The maximum Gasteiger partial charge on any atom is 0.119 e. The Bertz CT molecular complexity index is 451. The number of benzene rings is 1. The molecule has 116 valence electrons. The summed E-state index contributed by atoms with van der Waals surface area (Å²) < 4.78 is 5.56. The predicted molar refractivity (Wildman–Crippen MR) is 88.5 cm³/mol. The molecule has 2 N–H and O–H groups in total. The fraction of sp³-hybridized carbons (Fsp3) is 0.444. The molecule has 1 rings (SSSR count). The van der Waals surface area contributed by atoms with E-state index < -0.39 is 6.10 Å². The maximum atomic E-state index is 10.5. The van der Waals surface area contributed by atoms with Crippen molar-refractivity contribution in [2.75, 3.05) is 13.2 Å². The highest BCUT2D eigenvalue weighted by molar-refractivity contribution is 5.29. The molecule has 0 aromatic heterocycles. The van der Waals surface area contributed by atoms with Crippen molar-refractivity contribution in [1.29, 1.82) is 0 Å². The number of ether oxygens (including phenoxy) is 1. The van der Waals surface area contributed by atoms with E-state index in [1.165, 1.54) is 0 Å².